The van der Waals surface area contributed by atoms with Gasteiger partial charge in [0.15, 0.2) is 6.61 Å². The number of anilines is 2. The molecule has 6 nitrogen and oxygen atoms in total. The maximum Gasteiger partial charge on any atom is 0.338 e. The Bertz CT molecular complexity index is 671. The molecule has 1 aromatic heterocycles. The SMILES string of the molecule is Cc1cccc(NC(=O)COC(=O)c2cccc(N)c2)n1. The molecule has 0 spiro atoms. The van der Waals surface area contributed by atoms with E-state index in [0.29, 0.717) is 17.1 Å². The summed E-state index contributed by atoms with van der Waals surface area (Å²) in [6.45, 7) is 1.43. The van der Waals surface area contributed by atoms with Gasteiger partial charge in [-0.1, -0.05) is 12.1 Å². The molecule has 3 N–H and O–H groups in total. The predicted molar refractivity (Wildman–Crippen MR) is 78.7 cm³/mol. The summed E-state index contributed by atoms with van der Waals surface area (Å²) in [7, 11) is 0. The fourth-order valence-electron chi connectivity index (χ4n) is 1.67. The Labute approximate surface area is 121 Å². The van der Waals surface area contributed by atoms with Gasteiger partial charge in [-0.3, -0.25) is 4.79 Å². The third-order valence-corrected chi connectivity index (χ3v) is 2.61. The van der Waals surface area contributed by atoms with Crippen molar-refractivity contribution in [3.63, 3.8) is 0 Å². The molecule has 6 heteroatoms. The van der Waals surface area contributed by atoms with Gasteiger partial charge in [-0.25, -0.2) is 9.78 Å². The summed E-state index contributed by atoms with van der Waals surface area (Å²) < 4.78 is 4.91. The number of benzene rings is 1. The van der Waals surface area contributed by atoms with E-state index in [4.69, 9.17) is 10.5 Å². The van der Waals surface area contributed by atoms with Crippen molar-refractivity contribution in [2.75, 3.05) is 17.7 Å². The molecule has 1 aromatic carbocycles. The van der Waals surface area contributed by atoms with E-state index in [1.807, 2.05) is 13.0 Å². The zero-order chi connectivity index (χ0) is 15.2. The van der Waals surface area contributed by atoms with E-state index in [1.165, 1.54) is 6.07 Å². The third-order valence-electron chi connectivity index (χ3n) is 2.61. The zero-order valence-electron chi connectivity index (χ0n) is 11.5. The highest BCUT2D eigenvalue weighted by Gasteiger charge is 2.10. The van der Waals surface area contributed by atoms with Crippen LogP contribution in [0, 0.1) is 6.92 Å². The number of hydrogen-bond acceptors (Lipinski definition) is 5. The first-order valence-corrected chi connectivity index (χ1v) is 6.31. The van der Waals surface area contributed by atoms with E-state index in [1.54, 1.807) is 30.3 Å². The van der Waals surface area contributed by atoms with E-state index < -0.39 is 11.9 Å². The quantitative estimate of drug-likeness (QED) is 0.659. The summed E-state index contributed by atoms with van der Waals surface area (Å²) in [6.07, 6.45) is 0. The summed E-state index contributed by atoms with van der Waals surface area (Å²) in [5.41, 5.74) is 7.11. The lowest BCUT2D eigenvalue weighted by Crippen LogP contribution is -2.21. The van der Waals surface area contributed by atoms with Crippen molar-refractivity contribution >= 4 is 23.4 Å². The van der Waals surface area contributed by atoms with Gasteiger partial charge in [0.25, 0.3) is 5.91 Å². The summed E-state index contributed by atoms with van der Waals surface area (Å²) in [5, 5.41) is 2.55. The Kier molecular flexibility index (Phi) is 4.50. The summed E-state index contributed by atoms with van der Waals surface area (Å²) in [6, 6.07) is 11.6. The van der Waals surface area contributed by atoms with E-state index in [0.717, 1.165) is 5.69 Å². The number of hydrogen-bond donors (Lipinski definition) is 2. The first-order chi connectivity index (χ1) is 10.0. The van der Waals surface area contributed by atoms with Gasteiger partial charge >= 0.3 is 5.97 Å². The molecule has 108 valence electrons. The molecule has 0 aliphatic carbocycles. The van der Waals surface area contributed by atoms with E-state index in [9.17, 15) is 9.59 Å². The largest absolute Gasteiger partial charge is 0.452 e. The number of nitrogens with one attached hydrogen (secondary N) is 1. The monoisotopic (exact) mass is 285 g/mol. The maximum absolute atomic E-state index is 11.7. The number of nitrogens with zero attached hydrogens (tertiary/aromatic N) is 1. The molecule has 0 radical (unpaired) electrons. The average Bonchev–Trinajstić information content (AvgIpc) is 2.45. The summed E-state index contributed by atoms with van der Waals surface area (Å²) >= 11 is 0. The lowest BCUT2D eigenvalue weighted by atomic mass is 10.2. The molecule has 0 unspecified atom stereocenters. The first kappa shape index (κ1) is 14.5. The number of esters is 1. The first-order valence-electron chi connectivity index (χ1n) is 6.31. The third kappa shape index (κ3) is 4.31. The summed E-state index contributed by atoms with van der Waals surface area (Å²) in [4.78, 5) is 27.5. The number of ether oxygens (including phenoxy) is 1. The molecule has 0 fully saturated rings. The van der Waals surface area contributed by atoms with Crippen molar-refractivity contribution in [3.05, 3.63) is 53.7 Å². The van der Waals surface area contributed by atoms with E-state index in [2.05, 4.69) is 10.3 Å². The molecular formula is C15H15N3O3. The van der Waals surface area contributed by atoms with Crippen molar-refractivity contribution in [2.24, 2.45) is 0 Å². The van der Waals surface area contributed by atoms with Crippen LogP contribution in [0.2, 0.25) is 0 Å². The lowest BCUT2D eigenvalue weighted by molar-refractivity contribution is -0.119. The van der Waals surface area contributed by atoms with Crippen LogP contribution in [-0.2, 0) is 9.53 Å². The van der Waals surface area contributed by atoms with Crippen LogP contribution in [0.15, 0.2) is 42.5 Å². The van der Waals surface area contributed by atoms with Crippen molar-refractivity contribution in [2.45, 2.75) is 6.92 Å². The van der Waals surface area contributed by atoms with Crippen LogP contribution in [0.25, 0.3) is 0 Å². The number of carbonyl (C=O) groups excluding carboxylic acids is 2. The number of nitrogens with two attached hydrogens (primary N) is 1. The van der Waals surface area contributed by atoms with Crippen molar-refractivity contribution in [3.8, 4) is 0 Å². The highest BCUT2D eigenvalue weighted by atomic mass is 16.5. The maximum atomic E-state index is 11.7. The molecule has 1 heterocycles. The van der Waals surface area contributed by atoms with E-state index >= 15 is 0 Å². The Morgan fingerprint density at radius 1 is 1.24 bits per heavy atom. The fraction of sp³-hybridized carbons (Fsp3) is 0.133. The molecule has 0 aliphatic rings. The van der Waals surface area contributed by atoms with Gasteiger partial charge in [0.05, 0.1) is 5.56 Å². The van der Waals surface area contributed by atoms with Crippen LogP contribution in [0.1, 0.15) is 16.1 Å². The lowest BCUT2D eigenvalue weighted by Gasteiger charge is -2.06. The normalized spacial score (nSPS) is 9.95. The second kappa shape index (κ2) is 6.51. The van der Waals surface area contributed by atoms with Gasteiger partial charge in [-0.15, -0.1) is 0 Å². The molecule has 0 saturated heterocycles. The molecule has 1 amide bonds. The number of nitrogen functional groups attached to an aromatic ring is 1. The predicted octanol–water partition coefficient (Wildman–Crippen LogP) is 1.77. The Balaban J connectivity index is 1.88. The molecular weight excluding hydrogens is 270 g/mol. The molecule has 0 aliphatic heterocycles. The Morgan fingerprint density at radius 3 is 2.71 bits per heavy atom. The highest BCUT2D eigenvalue weighted by Crippen LogP contribution is 2.08. The van der Waals surface area contributed by atoms with Crippen molar-refractivity contribution in [1.29, 1.82) is 0 Å². The molecule has 0 bridgehead atoms. The molecule has 21 heavy (non-hydrogen) atoms. The van der Waals surface area contributed by atoms with Gasteiger partial charge < -0.3 is 15.8 Å². The topological polar surface area (TPSA) is 94.3 Å². The second-order valence-corrected chi connectivity index (χ2v) is 4.41. The van der Waals surface area contributed by atoms with Crippen LogP contribution in [-0.4, -0.2) is 23.5 Å². The van der Waals surface area contributed by atoms with E-state index in [-0.39, 0.29) is 6.61 Å². The van der Waals surface area contributed by atoms with Gasteiger partial charge in [0.2, 0.25) is 0 Å². The second-order valence-electron chi connectivity index (χ2n) is 4.41. The number of aryl methyl sites for hydroxylation is 1. The number of carbonyl (C=O) groups is 2. The van der Waals surface area contributed by atoms with Crippen LogP contribution in [0.4, 0.5) is 11.5 Å². The van der Waals surface area contributed by atoms with Crippen molar-refractivity contribution < 1.29 is 14.3 Å². The molecule has 2 rings (SSSR count). The summed E-state index contributed by atoms with van der Waals surface area (Å²) in [5.74, 6) is -0.639. The minimum atomic E-state index is -0.602. The van der Waals surface area contributed by atoms with Crippen LogP contribution < -0.4 is 11.1 Å². The van der Waals surface area contributed by atoms with Gasteiger partial charge in [0, 0.05) is 11.4 Å². The van der Waals surface area contributed by atoms with Gasteiger partial charge in [-0.05, 0) is 37.3 Å². The minimum absolute atomic E-state index is 0.302. The van der Waals surface area contributed by atoms with Crippen molar-refractivity contribution in [1.82, 2.24) is 4.98 Å². The Hall–Kier alpha value is -2.89. The minimum Gasteiger partial charge on any atom is -0.452 e. The van der Waals surface area contributed by atoms with Crippen LogP contribution in [0.5, 0.6) is 0 Å². The van der Waals surface area contributed by atoms with Crippen LogP contribution in [0.3, 0.4) is 0 Å². The number of pyridine rings is 1. The Morgan fingerprint density at radius 2 is 2.00 bits per heavy atom. The smallest absolute Gasteiger partial charge is 0.338 e. The molecule has 0 atom stereocenters. The van der Waals surface area contributed by atoms with Crippen LogP contribution >= 0.6 is 0 Å². The number of rotatable bonds is 4. The zero-order valence-corrected chi connectivity index (χ0v) is 11.5. The average molecular weight is 285 g/mol. The highest BCUT2D eigenvalue weighted by molar-refractivity contribution is 5.95. The standard InChI is InChI=1S/C15H15N3O3/c1-10-4-2-7-13(17-10)18-14(19)9-21-15(20)11-5-3-6-12(16)8-11/h2-8H,9,16H2,1H3,(H,17,18,19). The molecule has 0 saturated carbocycles. The number of aromatic nitrogens is 1. The molecule has 2 aromatic rings. The fourth-order valence-corrected chi connectivity index (χ4v) is 1.67. The van der Waals surface area contributed by atoms with Gasteiger partial charge in [0.1, 0.15) is 5.82 Å². The van der Waals surface area contributed by atoms with Gasteiger partial charge in [-0.2, -0.15) is 0 Å². The number of amides is 1.